The first-order chi connectivity index (χ1) is 12.1. The average Bonchev–Trinajstić information content (AvgIpc) is 2.60. The fourth-order valence-corrected chi connectivity index (χ4v) is 2.20. The molecule has 0 saturated heterocycles. The highest BCUT2D eigenvalue weighted by atomic mass is 19.3. The van der Waals surface area contributed by atoms with Gasteiger partial charge in [-0.1, -0.05) is 58.9 Å². The predicted octanol–water partition coefficient (Wildman–Crippen LogP) is 5.42. The van der Waals surface area contributed by atoms with Crippen LogP contribution in [0.5, 0.6) is 0 Å². The lowest BCUT2D eigenvalue weighted by atomic mass is 9.87. The van der Waals surface area contributed by atoms with Gasteiger partial charge in [0.1, 0.15) is 11.5 Å². The first-order valence-electron chi connectivity index (χ1n) is 8.81. The van der Waals surface area contributed by atoms with Crippen LogP contribution in [0.15, 0.2) is 47.6 Å². The number of pyridine rings is 1. The Hall–Kier alpha value is -2.30. The van der Waals surface area contributed by atoms with E-state index in [1.807, 2.05) is 26.0 Å². The van der Waals surface area contributed by atoms with Crippen LogP contribution in [-0.4, -0.2) is 10.8 Å². The number of amidine groups is 1. The van der Waals surface area contributed by atoms with Gasteiger partial charge in [0.15, 0.2) is 0 Å². The van der Waals surface area contributed by atoms with Gasteiger partial charge in [0.2, 0.25) is 0 Å². The van der Waals surface area contributed by atoms with Crippen LogP contribution in [0.3, 0.4) is 0 Å². The maximum absolute atomic E-state index is 13.2. The highest BCUT2D eigenvalue weighted by Gasteiger charge is 2.23. The van der Waals surface area contributed by atoms with Crippen molar-refractivity contribution in [2.75, 3.05) is 0 Å². The van der Waals surface area contributed by atoms with Crippen LogP contribution < -0.4 is 5.73 Å². The summed E-state index contributed by atoms with van der Waals surface area (Å²) in [4.78, 5) is 8.58. The number of hydrogen-bond donors (Lipinski definition) is 1. The molecular formula is C21H29F2N3. The summed E-state index contributed by atoms with van der Waals surface area (Å²) in [5.41, 5.74) is 8.58. The van der Waals surface area contributed by atoms with E-state index in [4.69, 9.17) is 5.73 Å². The number of halogens is 2. The SMILES string of the molecule is CC.CC(C)(C)c1ccnc(C(N)=NCc2ccc(C(C)(F)F)cc2)c1. The van der Waals surface area contributed by atoms with E-state index in [2.05, 4.69) is 30.7 Å². The van der Waals surface area contributed by atoms with Crippen molar-refractivity contribution in [3.63, 3.8) is 0 Å². The van der Waals surface area contributed by atoms with Crippen LogP contribution in [0.4, 0.5) is 8.78 Å². The molecule has 1 aromatic heterocycles. The van der Waals surface area contributed by atoms with Gasteiger partial charge in [-0.25, -0.2) is 8.78 Å². The third kappa shape index (κ3) is 6.21. The van der Waals surface area contributed by atoms with Crippen LogP contribution in [0.1, 0.15) is 63.9 Å². The largest absolute Gasteiger partial charge is 0.382 e. The number of hydrogen-bond acceptors (Lipinski definition) is 2. The molecule has 0 aliphatic rings. The van der Waals surface area contributed by atoms with Crippen LogP contribution in [0, 0.1) is 0 Å². The lowest BCUT2D eigenvalue weighted by molar-refractivity contribution is 0.0174. The molecule has 0 atom stereocenters. The van der Waals surface area contributed by atoms with Gasteiger partial charge in [0.05, 0.1) is 6.54 Å². The molecule has 0 amide bonds. The van der Waals surface area contributed by atoms with Crippen molar-refractivity contribution in [1.82, 2.24) is 4.98 Å². The van der Waals surface area contributed by atoms with Gasteiger partial charge in [0, 0.05) is 18.7 Å². The van der Waals surface area contributed by atoms with Gasteiger partial charge in [0.25, 0.3) is 5.92 Å². The number of alkyl halides is 2. The third-order valence-corrected chi connectivity index (χ3v) is 3.78. The molecule has 26 heavy (non-hydrogen) atoms. The molecule has 2 rings (SSSR count). The molecular weight excluding hydrogens is 332 g/mol. The second kappa shape index (κ2) is 8.88. The summed E-state index contributed by atoms with van der Waals surface area (Å²) in [6, 6.07) is 10.0. The number of nitrogens with two attached hydrogens (primary N) is 1. The molecule has 5 heteroatoms. The number of aromatic nitrogens is 1. The van der Waals surface area contributed by atoms with E-state index in [-0.39, 0.29) is 11.0 Å². The summed E-state index contributed by atoms with van der Waals surface area (Å²) < 4.78 is 26.4. The zero-order valence-corrected chi connectivity index (χ0v) is 16.5. The second-order valence-electron chi connectivity index (χ2n) is 6.97. The summed E-state index contributed by atoms with van der Waals surface area (Å²) in [6.07, 6.45) is 1.72. The Morgan fingerprint density at radius 2 is 1.58 bits per heavy atom. The second-order valence-corrected chi connectivity index (χ2v) is 6.97. The summed E-state index contributed by atoms with van der Waals surface area (Å²) >= 11 is 0. The van der Waals surface area contributed by atoms with Gasteiger partial charge in [-0.2, -0.15) is 0 Å². The molecule has 3 nitrogen and oxygen atoms in total. The van der Waals surface area contributed by atoms with Crippen molar-refractivity contribution in [2.24, 2.45) is 10.7 Å². The van der Waals surface area contributed by atoms with E-state index in [0.29, 0.717) is 18.1 Å². The van der Waals surface area contributed by atoms with Gasteiger partial charge in [-0.05, 0) is 28.7 Å². The van der Waals surface area contributed by atoms with Crippen molar-refractivity contribution in [2.45, 2.75) is 59.4 Å². The molecule has 0 fully saturated rings. The van der Waals surface area contributed by atoms with Gasteiger partial charge >= 0.3 is 0 Å². The lowest BCUT2D eigenvalue weighted by Gasteiger charge is -2.19. The summed E-state index contributed by atoms with van der Waals surface area (Å²) in [5, 5.41) is 0. The van der Waals surface area contributed by atoms with Crippen molar-refractivity contribution in [1.29, 1.82) is 0 Å². The minimum absolute atomic E-state index is 0.000811. The molecule has 1 aromatic carbocycles. The van der Waals surface area contributed by atoms with Crippen molar-refractivity contribution < 1.29 is 8.78 Å². The molecule has 142 valence electrons. The van der Waals surface area contributed by atoms with E-state index in [1.54, 1.807) is 18.3 Å². The Labute approximate surface area is 155 Å². The molecule has 0 spiro atoms. The first-order valence-corrected chi connectivity index (χ1v) is 8.81. The highest BCUT2D eigenvalue weighted by Crippen LogP contribution is 2.27. The molecule has 0 radical (unpaired) electrons. The fourth-order valence-electron chi connectivity index (χ4n) is 2.20. The minimum Gasteiger partial charge on any atom is -0.382 e. The Morgan fingerprint density at radius 3 is 2.08 bits per heavy atom. The Bertz CT molecular complexity index is 724. The Morgan fingerprint density at radius 1 is 1.00 bits per heavy atom. The molecule has 0 unspecified atom stereocenters. The van der Waals surface area contributed by atoms with E-state index < -0.39 is 5.92 Å². The van der Waals surface area contributed by atoms with Crippen LogP contribution in [0.2, 0.25) is 0 Å². The molecule has 0 aliphatic carbocycles. The summed E-state index contributed by atoms with van der Waals surface area (Å²) in [6.45, 7) is 11.5. The molecule has 1 heterocycles. The maximum atomic E-state index is 13.2. The number of nitrogens with zero attached hydrogens (tertiary/aromatic N) is 2. The normalized spacial score (nSPS) is 12.4. The van der Waals surface area contributed by atoms with E-state index in [9.17, 15) is 8.78 Å². The van der Waals surface area contributed by atoms with E-state index >= 15 is 0 Å². The van der Waals surface area contributed by atoms with Gasteiger partial charge in [-0.3, -0.25) is 9.98 Å². The van der Waals surface area contributed by atoms with Crippen molar-refractivity contribution in [3.05, 3.63) is 65.0 Å². The third-order valence-electron chi connectivity index (χ3n) is 3.78. The minimum atomic E-state index is -2.84. The summed E-state index contributed by atoms with van der Waals surface area (Å²) in [5.74, 6) is -2.50. The smallest absolute Gasteiger partial charge is 0.270 e. The maximum Gasteiger partial charge on any atom is 0.270 e. The quantitative estimate of drug-likeness (QED) is 0.584. The standard InChI is InChI=1S/C19H23F2N3.C2H6/c1-18(2,3)15-9-10-23-16(11-15)17(22)24-12-13-5-7-14(8-6-13)19(4,20)21;1-2/h5-11H,12H2,1-4H3,(H2,22,24);1-2H3. The molecule has 0 aliphatic heterocycles. The number of benzene rings is 1. The van der Waals surface area contributed by atoms with Crippen LogP contribution in [0.25, 0.3) is 0 Å². The van der Waals surface area contributed by atoms with Crippen molar-refractivity contribution >= 4 is 5.84 Å². The van der Waals surface area contributed by atoms with Crippen LogP contribution >= 0.6 is 0 Å². The van der Waals surface area contributed by atoms with Crippen molar-refractivity contribution in [3.8, 4) is 0 Å². The number of rotatable bonds is 4. The Kier molecular flexibility index (Phi) is 7.42. The molecule has 0 saturated carbocycles. The predicted molar refractivity (Wildman–Crippen MR) is 105 cm³/mol. The Balaban J connectivity index is 0.00000163. The number of aliphatic imine (C=N–C) groups is 1. The zero-order chi connectivity index (χ0) is 20.0. The monoisotopic (exact) mass is 361 g/mol. The van der Waals surface area contributed by atoms with Crippen LogP contribution in [-0.2, 0) is 17.9 Å². The zero-order valence-electron chi connectivity index (χ0n) is 16.5. The highest BCUT2D eigenvalue weighted by molar-refractivity contribution is 5.95. The summed E-state index contributed by atoms with van der Waals surface area (Å²) in [7, 11) is 0. The fraction of sp³-hybridized carbons (Fsp3) is 0.429. The van der Waals surface area contributed by atoms with E-state index in [0.717, 1.165) is 18.1 Å². The molecule has 2 N–H and O–H groups in total. The molecule has 2 aromatic rings. The first kappa shape index (κ1) is 21.7. The topological polar surface area (TPSA) is 51.3 Å². The van der Waals surface area contributed by atoms with Gasteiger partial charge in [-0.15, -0.1) is 0 Å². The van der Waals surface area contributed by atoms with Gasteiger partial charge < -0.3 is 5.73 Å². The van der Waals surface area contributed by atoms with E-state index in [1.165, 1.54) is 12.1 Å². The lowest BCUT2D eigenvalue weighted by Crippen LogP contribution is -2.18. The average molecular weight is 361 g/mol. The molecule has 0 bridgehead atoms.